The highest BCUT2D eigenvalue weighted by molar-refractivity contribution is 5.95. The number of fused-ring (bicyclic) bond motifs is 1. The molecule has 0 aromatic heterocycles. The second-order valence-corrected chi connectivity index (χ2v) is 5.98. The highest BCUT2D eigenvalue weighted by atomic mass is 19.1. The van der Waals surface area contributed by atoms with Crippen LogP contribution >= 0.6 is 0 Å². The number of rotatable bonds is 3. The van der Waals surface area contributed by atoms with Crippen molar-refractivity contribution in [1.82, 2.24) is 10.6 Å². The highest BCUT2D eigenvalue weighted by Gasteiger charge is 2.36. The number of hydrogen-bond donors (Lipinski definition) is 3. The molecule has 1 aliphatic heterocycles. The first-order valence-corrected chi connectivity index (χ1v) is 7.73. The molecule has 2 fully saturated rings. The smallest absolute Gasteiger partial charge is 0.237 e. The zero-order chi connectivity index (χ0) is 15.5. The molecular weight excluding hydrogens is 285 g/mol. The zero-order valence-corrected chi connectivity index (χ0v) is 12.3. The first-order valence-electron chi connectivity index (χ1n) is 7.73. The van der Waals surface area contributed by atoms with Crippen LogP contribution in [0.25, 0.3) is 0 Å². The van der Waals surface area contributed by atoms with Crippen molar-refractivity contribution in [2.24, 2.45) is 0 Å². The molecule has 0 radical (unpaired) electrons. The number of benzene rings is 1. The highest BCUT2D eigenvalue weighted by Crippen LogP contribution is 2.22. The van der Waals surface area contributed by atoms with E-state index < -0.39 is 6.04 Å². The number of hydrogen-bond acceptors (Lipinski definition) is 3. The Kier molecular flexibility index (Phi) is 4.38. The summed E-state index contributed by atoms with van der Waals surface area (Å²) in [5.74, 6) is -0.722. The van der Waals surface area contributed by atoms with E-state index in [1.54, 1.807) is 0 Å². The van der Waals surface area contributed by atoms with Crippen LogP contribution in [0.1, 0.15) is 32.1 Å². The first-order chi connectivity index (χ1) is 10.6. The SMILES string of the molecule is O=C(C[C@H]1N[C@H]2CCCC[C@H]2NC1=O)Nc1ccc(F)cc1. The number of amides is 2. The molecule has 1 heterocycles. The van der Waals surface area contributed by atoms with Crippen molar-refractivity contribution in [3.05, 3.63) is 30.1 Å². The monoisotopic (exact) mass is 305 g/mol. The molecule has 118 valence electrons. The van der Waals surface area contributed by atoms with Crippen LogP contribution in [0.2, 0.25) is 0 Å². The van der Waals surface area contributed by atoms with Crippen molar-refractivity contribution in [1.29, 1.82) is 0 Å². The third-order valence-electron chi connectivity index (χ3n) is 4.34. The van der Waals surface area contributed by atoms with E-state index >= 15 is 0 Å². The van der Waals surface area contributed by atoms with Crippen LogP contribution in [-0.2, 0) is 9.59 Å². The predicted octanol–water partition coefficient (Wildman–Crippen LogP) is 1.55. The maximum absolute atomic E-state index is 12.8. The fourth-order valence-electron chi connectivity index (χ4n) is 3.20. The topological polar surface area (TPSA) is 70.2 Å². The van der Waals surface area contributed by atoms with Crippen LogP contribution in [0.4, 0.5) is 10.1 Å². The quantitative estimate of drug-likeness (QED) is 0.793. The number of piperazine rings is 1. The molecule has 6 heteroatoms. The van der Waals surface area contributed by atoms with Gasteiger partial charge in [-0.05, 0) is 37.1 Å². The molecule has 0 spiro atoms. The Hall–Kier alpha value is -1.95. The van der Waals surface area contributed by atoms with Crippen LogP contribution in [0.3, 0.4) is 0 Å². The minimum absolute atomic E-state index is 0.0758. The zero-order valence-electron chi connectivity index (χ0n) is 12.3. The summed E-state index contributed by atoms with van der Waals surface area (Å²) in [7, 11) is 0. The molecule has 1 saturated carbocycles. The molecular formula is C16H20FN3O2. The molecule has 1 saturated heterocycles. The maximum Gasteiger partial charge on any atom is 0.237 e. The Morgan fingerprint density at radius 3 is 2.59 bits per heavy atom. The van der Waals surface area contributed by atoms with Gasteiger partial charge in [0, 0.05) is 17.8 Å². The Balaban J connectivity index is 1.56. The Morgan fingerprint density at radius 1 is 1.18 bits per heavy atom. The minimum Gasteiger partial charge on any atom is -0.350 e. The molecule has 1 aromatic rings. The Morgan fingerprint density at radius 2 is 1.86 bits per heavy atom. The summed E-state index contributed by atoms with van der Waals surface area (Å²) < 4.78 is 12.8. The molecule has 22 heavy (non-hydrogen) atoms. The van der Waals surface area contributed by atoms with E-state index in [1.807, 2.05) is 0 Å². The molecule has 2 amide bonds. The maximum atomic E-state index is 12.8. The minimum atomic E-state index is -0.500. The Bertz CT molecular complexity index is 561. The Labute approximate surface area is 128 Å². The van der Waals surface area contributed by atoms with Crippen LogP contribution in [-0.4, -0.2) is 29.9 Å². The van der Waals surface area contributed by atoms with Gasteiger partial charge in [-0.15, -0.1) is 0 Å². The van der Waals surface area contributed by atoms with Gasteiger partial charge in [0.2, 0.25) is 11.8 Å². The molecule has 2 aliphatic rings. The van der Waals surface area contributed by atoms with E-state index in [9.17, 15) is 14.0 Å². The van der Waals surface area contributed by atoms with Crippen LogP contribution in [0, 0.1) is 5.82 Å². The van der Waals surface area contributed by atoms with Gasteiger partial charge in [-0.2, -0.15) is 0 Å². The molecule has 3 N–H and O–H groups in total. The lowest BCUT2D eigenvalue weighted by atomic mass is 9.87. The van der Waals surface area contributed by atoms with Gasteiger partial charge in [-0.1, -0.05) is 12.8 Å². The van der Waals surface area contributed by atoms with Crippen LogP contribution in [0.5, 0.6) is 0 Å². The summed E-state index contributed by atoms with van der Waals surface area (Å²) in [4.78, 5) is 24.1. The number of nitrogens with one attached hydrogen (secondary N) is 3. The summed E-state index contributed by atoms with van der Waals surface area (Å²) in [6.45, 7) is 0. The lowest BCUT2D eigenvalue weighted by molar-refractivity contribution is -0.129. The molecule has 1 aliphatic carbocycles. The first kappa shape index (κ1) is 15.0. The second-order valence-electron chi connectivity index (χ2n) is 5.98. The fraction of sp³-hybridized carbons (Fsp3) is 0.500. The molecule has 1 aromatic carbocycles. The van der Waals surface area contributed by atoms with Crippen LogP contribution < -0.4 is 16.0 Å². The van der Waals surface area contributed by atoms with Gasteiger partial charge in [0.1, 0.15) is 5.82 Å². The molecule has 5 nitrogen and oxygen atoms in total. The normalized spacial score (nSPS) is 27.7. The second kappa shape index (κ2) is 6.44. The average Bonchev–Trinajstić information content (AvgIpc) is 2.50. The molecule has 3 rings (SSSR count). The van der Waals surface area contributed by atoms with E-state index in [4.69, 9.17) is 0 Å². The van der Waals surface area contributed by atoms with Crippen molar-refractivity contribution < 1.29 is 14.0 Å². The van der Waals surface area contributed by atoms with E-state index in [0.29, 0.717) is 5.69 Å². The van der Waals surface area contributed by atoms with E-state index in [1.165, 1.54) is 24.3 Å². The van der Waals surface area contributed by atoms with E-state index in [-0.39, 0.29) is 36.1 Å². The predicted molar refractivity (Wildman–Crippen MR) is 80.8 cm³/mol. The summed E-state index contributed by atoms with van der Waals surface area (Å²) in [5.41, 5.74) is 0.526. The number of halogens is 1. The number of carbonyl (C=O) groups excluding carboxylic acids is 2. The standard InChI is InChI=1S/C16H20FN3O2/c17-10-5-7-11(8-6-10)18-15(21)9-14-16(22)20-13-4-2-1-3-12(13)19-14/h5-8,12-14,19H,1-4,9H2,(H,18,21)(H,20,22)/t12-,13+,14+/m0/s1. The van der Waals surface area contributed by atoms with Crippen molar-refractivity contribution >= 4 is 17.5 Å². The fourth-order valence-corrected chi connectivity index (χ4v) is 3.20. The number of carbonyl (C=O) groups is 2. The molecule has 0 unspecified atom stereocenters. The van der Waals surface area contributed by atoms with Crippen molar-refractivity contribution in [3.8, 4) is 0 Å². The summed E-state index contributed by atoms with van der Waals surface area (Å²) in [5, 5.41) is 9.00. The van der Waals surface area contributed by atoms with Gasteiger partial charge in [0.15, 0.2) is 0 Å². The van der Waals surface area contributed by atoms with Gasteiger partial charge >= 0.3 is 0 Å². The lowest BCUT2D eigenvalue weighted by Crippen LogP contribution is -2.65. The summed E-state index contributed by atoms with van der Waals surface area (Å²) in [6, 6.07) is 5.52. The molecule has 0 bridgehead atoms. The third-order valence-corrected chi connectivity index (χ3v) is 4.34. The number of anilines is 1. The van der Waals surface area contributed by atoms with Gasteiger partial charge in [-0.25, -0.2) is 4.39 Å². The average molecular weight is 305 g/mol. The third kappa shape index (κ3) is 3.44. The largest absolute Gasteiger partial charge is 0.350 e. The van der Waals surface area contributed by atoms with E-state index in [2.05, 4.69) is 16.0 Å². The lowest BCUT2D eigenvalue weighted by Gasteiger charge is -2.40. The van der Waals surface area contributed by atoms with Gasteiger partial charge in [0.05, 0.1) is 12.5 Å². The summed E-state index contributed by atoms with van der Waals surface area (Å²) in [6.07, 6.45) is 4.39. The van der Waals surface area contributed by atoms with Gasteiger partial charge in [0.25, 0.3) is 0 Å². The molecule has 3 atom stereocenters. The van der Waals surface area contributed by atoms with Gasteiger partial charge in [-0.3, -0.25) is 9.59 Å². The van der Waals surface area contributed by atoms with Crippen LogP contribution in [0.15, 0.2) is 24.3 Å². The van der Waals surface area contributed by atoms with Crippen molar-refractivity contribution in [2.75, 3.05) is 5.32 Å². The van der Waals surface area contributed by atoms with E-state index in [0.717, 1.165) is 25.7 Å². The van der Waals surface area contributed by atoms with Crippen molar-refractivity contribution in [3.63, 3.8) is 0 Å². The van der Waals surface area contributed by atoms with Gasteiger partial charge < -0.3 is 16.0 Å². The van der Waals surface area contributed by atoms with Crippen molar-refractivity contribution in [2.45, 2.75) is 50.2 Å². The summed E-state index contributed by atoms with van der Waals surface area (Å²) >= 11 is 0.